The van der Waals surface area contributed by atoms with Crippen LogP contribution in [-0.4, -0.2) is 35.4 Å². The van der Waals surface area contributed by atoms with E-state index in [-0.39, 0.29) is 30.7 Å². The van der Waals surface area contributed by atoms with Crippen molar-refractivity contribution in [3.05, 3.63) is 52.6 Å². The van der Waals surface area contributed by atoms with Crippen molar-refractivity contribution in [1.82, 2.24) is 9.88 Å². The fourth-order valence-corrected chi connectivity index (χ4v) is 2.89. The molecule has 2 N–H and O–H groups in total. The van der Waals surface area contributed by atoms with Crippen molar-refractivity contribution in [2.45, 2.75) is 6.42 Å². The van der Waals surface area contributed by atoms with E-state index in [0.29, 0.717) is 36.2 Å². The predicted octanol–water partition coefficient (Wildman–Crippen LogP) is 3.90. The number of benzene rings is 1. The van der Waals surface area contributed by atoms with E-state index in [4.69, 9.17) is 10.5 Å². The number of amides is 1. The number of nitrogens with two attached hydrogens (primary N) is 1. The first-order valence-corrected chi connectivity index (χ1v) is 8.34. The number of halogens is 3. The average Bonchev–Trinajstić information content (AvgIpc) is 3.06. The third kappa shape index (κ3) is 5.31. The molecule has 1 fully saturated rings. The number of hydrogen-bond donors (Lipinski definition) is 1. The second-order valence-corrected chi connectivity index (χ2v) is 6.47. The fourth-order valence-electron chi connectivity index (χ4n) is 2.63. The Bertz CT molecular complexity index is 701. The van der Waals surface area contributed by atoms with Gasteiger partial charge < -0.3 is 15.4 Å². The van der Waals surface area contributed by atoms with E-state index in [1.165, 1.54) is 0 Å². The van der Waals surface area contributed by atoms with E-state index in [1.54, 1.807) is 18.3 Å². The lowest BCUT2D eigenvalue weighted by atomic mass is 10.1. The number of nitrogens with zero attached hydrogens (tertiary/aromatic N) is 2. The van der Waals surface area contributed by atoms with Crippen LogP contribution in [0.15, 0.2) is 47.1 Å². The number of ether oxygens (including phenoxy) is 1. The monoisotopic (exact) mass is 447 g/mol. The van der Waals surface area contributed by atoms with Crippen LogP contribution in [0.2, 0.25) is 0 Å². The molecule has 1 saturated heterocycles. The molecule has 0 spiro atoms. The van der Waals surface area contributed by atoms with Crippen LogP contribution in [0.5, 0.6) is 11.6 Å². The second kappa shape index (κ2) is 9.97. The summed E-state index contributed by atoms with van der Waals surface area (Å²) >= 11 is 3.38. The molecule has 1 unspecified atom stereocenters. The van der Waals surface area contributed by atoms with Crippen LogP contribution in [0.25, 0.3) is 0 Å². The Kier molecular flexibility index (Phi) is 8.65. The van der Waals surface area contributed by atoms with Gasteiger partial charge in [-0.2, -0.15) is 0 Å². The quantitative estimate of drug-likeness (QED) is 0.769. The second-order valence-electron chi connectivity index (χ2n) is 5.55. The highest BCUT2D eigenvalue weighted by Crippen LogP contribution is 2.27. The van der Waals surface area contributed by atoms with Crippen LogP contribution in [0.1, 0.15) is 16.8 Å². The molecule has 1 atom stereocenters. The van der Waals surface area contributed by atoms with Crippen LogP contribution in [0.4, 0.5) is 0 Å². The summed E-state index contributed by atoms with van der Waals surface area (Å²) in [7, 11) is 0. The largest absolute Gasteiger partial charge is 0.438 e. The molecule has 0 radical (unpaired) electrons. The highest BCUT2D eigenvalue weighted by atomic mass is 79.9. The van der Waals surface area contributed by atoms with Gasteiger partial charge in [-0.1, -0.05) is 15.9 Å². The molecule has 3 rings (SSSR count). The number of aromatic nitrogens is 1. The molecule has 1 aliphatic rings. The Hall–Kier alpha value is -1.34. The Morgan fingerprint density at radius 3 is 2.64 bits per heavy atom. The first kappa shape index (κ1) is 21.7. The molecular weight excluding hydrogens is 429 g/mol. The van der Waals surface area contributed by atoms with Gasteiger partial charge in [-0.05, 0) is 55.3 Å². The van der Waals surface area contributed by atoms with Crippen LogP contribution in [0.3, 0.4) is 0 Å². The Morgan fingerprint density at radius 1 is 1.28 bits per heavy atom. The highest BCUT2D eigenvalue weighted by Gasteiger charge is 2.28. The molecule has 136 valence electrons. The fraction of sp³-hybridized carbons (Fsp3) is 0.294. The average molecular weight is 449 g/mol. The molecular formula is C17H20BrCl2N3O2. The standard InChI is InChI=1S/C17H18BrN3O2.2ClH/c18-13-3-5-14(6-4-13)23-16-15(2-1-8-20-16)17(22)21-9-7-12(10-19)11-21;;/h1-6,8,12H,7,9-11,19H2;2*1H. The number of rotatable bonds is 4. The van der Waals surface area contributed by atoms with E-state index >= 15 is 0 Å². The van der Waals surface area contributed by atoms with Gasteiger partial charge in [0.2, 0.25) is 5.88 Å². The smallest absolute Gasteiger partial charge is 0.259 e. The normalized spacial score (nSPS) is 15.9. The molecule has 8 heteroatoms. The first-order valence-electron chi connectivity index (χ1n) is 7.55. The lowest BCUT2D eigenvalue weighted by molar-refractivity contribution is 0.0784. The van der Waals surface area contributed by atoms with Crippen LogP contribution >= 0.6 is 40.7 Å². The minimum atomic E-state index is -0.0545. The zero-order valence-electron chi connectivity index (χ0n) is 13.4. The summed E-state index contributed by atoms with van der Waals surface area (Å²) in [5.41, 5.74) is 6.18. The highest BCUT2D eigenvalue weighted by molar-refractivity contribution is 9.10. The molecule has 0 bridgehead atoms. The first-order chi connectivity index (χ1) is 11.2. The van der Waals surface area contributed by atoms with Gasteiger partial charge in [0.15, 0.2) is 0 Å². The van der Waals surface area contributed by atoms with E-state index < -0.39 is 0 Å². The van der Waals surface area contributed by atoms with Crippen LogP contribution < -0.4 is 10.5 Å². The van der Waals surface area contributed by atoms with Gasteiger partial charge in [0, 0.05) is 23.8 Å². The van der Waals surface area contributed by atoms with Crippen molar-refractivity contribution < 1.29 is 9.53 Å². The molecule has 2 heterocycles. The van der Waals surface area contributed by atoms with Gasteiger partial charge in [-0.25, -0.2) is 4.98 Å². The number of likely N-dealkylation sites (tertiary alicyclic amines) is 1. The summed E-state index contributed by atoms with van der Waals surface area (Å²) < 4.78 is 6.76. The Labute approximate surface area is 167 Å². The summed E-state index contributed by atoms with van der Waals surface area (Å²) in [4.78, 5) is 18.8. The molecule has 0 aliphatic carbocycles. The molecule has 25 heavy (non-hydrogen) atoms. The van der Waals surface area contributed by atoms with E-state index in [1.807, 2.05) is 29.2 Å². The van der Waals surface area contributed by atoms with Gasteiger partial charge in [0.1, 0.15) is 11.3 Å². The third-order valence-corrected chi connectivity index (χ3v) is 4.46. The third-order valence-electron chi connectivity index (χ3n) is 3.94. The Balaban J connectivity index is 0.00000156. The van der Waals surface area contributed by atoms with Gasteiger partial charge in [0.05, 0.1) is 0 Å². The van der Waals surface area contributed by atoms with Crippen molar-refractivity contribution in [2.24, 2.45) is 11.7 Å². The maximum Gasteiger partial charge on any atom is 0.259 e. The summed E-state index contributed by atoms with van der Waals surface area (Å²) in [6.07, 6.45) is 2.57. The molecule has 1 aromatic heterocycles. The molecule has 1 amide bonds. The minimum absolute atomic E-state index is 0. The van der Waals surface area contributed by atoms with E-state index in [2.05, 4.69) is 20.9 Å². The minimum Gasteiger partial charge on any atom is -0.438 e. The van der Waals surface area contributed by atoms with Gasteiger partial charge in [-0.15, -0.1) is 24.8 Å². The molecule has 1 aromatic carbocycles. The van der Waals surface area contributed by atoms with E-state index in [0.717, 1.165) is 17.4 Å². The molecule has 5 nitrogen and oxygen atoms in total. The summed E-state index contributed by atoms with van der Waals surface area (Å²) in [5.74, 6) is 1.30. The maximum absolute atomic E-state index is 12.7. The van der Waals surface area contributed by atoms with Gasteiger partial charge >= 0.3 is 0 Å². The zero-order chi connectivity index (χ0) is 16.2. The number of carbonyl (C=O) groups is 1. The zero-order valence-corrected chi connectivity index (χ0v) is 16.6. The molecule has 1 aliphatic heterocycles. The number of hydrogen-bond acceptors (Lipinski definition) is 4. The summed E-state index contributed by atoms with van der Waals surface area (Å²) in [5, 5.41) is 0. The molecule has 2 aromatic rings. The van der Waals surface area contributed by atoms with E-state index in [9.17, 15) is 4.79 Å². The van der Waals surface area contributed by atoms with Crippen molar-refractivity contribution >= 4 is 46.7 Å². The van der Waals surface area contributed by atoms with Crippen molar-refractivity contribution in [2.75, 3.05) is 19.6 Å². The summed E-state index contributed by atoms with van der Waals surface area (Å²) in [6, 6.07) is 10.9. The van der Waals surface area contributed by atoms with Crippen molar-refractivity contribution in [3.8, 4) is 11.6 Å². The van der Waals surface area contributed by atoms with Gasteiger partial charge in [0.25, 0.3) is 5.91 Å². The number of pyridine rings is 1. The molecule has 0 saturated carbocycles. The van der Waals surface area contributed by atoms with Crippen molar-refractivity contribution in [3.63, 3.8) is 0 Å². The lowest BCUT2D eigenvalue weighted by Crippen LogP contribution is -2.30. The lowest BCUT2D eigenvalue weighted by Gasteiger charge is -2.18. The Morgan fingerprint density at radius 2 is 2.00 bits per heavy atom. The van der Waals surface area contributed by atoms with Crippen molar-refractivity contribution in [1.29, 1.82) is 0 Å². The summed E-state index contributed by atoms with van der Waals surface area (Å²) in [6.45, 7) is 2.04. The maximum atomic E-state index is 12.7. The van der Waals surface area contributed by atoms with Crippen LogP contribution in [-0.2, 0) is 0 Å². The van der Waals surface area contributed by atoms with Crippen LogP contribution in [0, 0.1) is 5.92 Å². The van der Waals surface area contributed by atoms with Gasteiger partial charge in [-0.3, -0.25) is 4.79 Å². The predicted molar refractivity (Wildman–Crippen MR) is 106 cm³/mol. The SMILES string of the molecule is Cl.Cl.NCC1CCN(C(=O)c2cccnc2Oc2ccc(Br)cc2)C1. The topological polar surface area (TPSA) is 68.5 Å². The number of carbonyl (C=O) groups excluding carboxylic acids is 1.